The topological polar surface area (TPSA) is 0 Å². The van der Waals surface area contributed by atoms with Crippen LogP contribution >= 0.6 is 0 Å². The van der Waals surface area contributed by atoms with E-state index in [1.807, 2.05) is 0 Å². The summed E-state index contributed by atoms with van der Waals surface area (Å²) in [5.41, 5.74) is 0. The van der Waals surface area contributed by atoms with Crippen LogP contribution in [0.5, 0.6) is 0 Å². The van der Waals surface area contributed by atoms with Gasteiger partial charge in [-0.3, -0.25) is 0 Å². The number of hydrogen-bond acceptors (Lipinski definition) is 0. The normalized spacial score (nSPS) is 0. The molecular formula is H3AlCeCrFe. The Bertz CT molecular complexity index is 8.00. The Morgan fingerprint density at radius 2 is 1.00 bits per heavy atom. The van der Waals surface area contributed by atoms with E-state index in [2.05, 4.69) is 0 Å². The van der Waals surface area contributed by atoms with Gasteiger partial charge in [-0.15, -0.1) is 0 Å². The Hall–Kier alpha value is 2.96. The Morgan fingerprint density at radius 3 is 1.00 bits per heavy atom. The Kier molecular flexibility index (Phi) is 118. The monoisotopic (exact) mass is 278 g/mol. The molecule has 0 bridgehead atoms. The van der Waals surface area contributed by atoms with Gasteiger partial charge >= 0.3 is 0 Å². The van der Waals surface area contributed by atoms with Gasteiger partial charge in [0, 0.05) is 76.2 Å². The van der Waals surface area contributed by atoms with Gasteiger partial charge in [-0.1, -0.05) is 0 Å². The molecule has 0 aromatic heterocycles. The van der Waals surface area contributed by atoms with E-state index in [0.717, 1.165) is 0 Å². The van der Waals surface area contributed by atoms with Gasteiger partial charge in [0.1, 0.15) is 0 Å². The Labute approximate surface area is 91.6 Å². The first-order valence-electron chi connectivity index (χ1n) is 0. The zero-order valence-corrected chi connectivity index (χ0v) is 6.78. The van der Waals surface area contributed by atoms with E-state index in [1.54, 1.807) is 0 Å². The second-order valence-electron chi connectivity index (χ2n) is 0. The van der Waals surface area contributed by atoms with Gasteiger partial charge < -0.3 is 0 Å². The van der Waals surface area contributed by atoms with E-state index in [-0.39, 0.29) is 93.5 Å². The standard InChI is InChI=1S/Al.Ce.Cr.Fe.3H. The van der Waals surface area contributed by atoms with Crippen LogP contribution in [0, 0.1) is 41.7 Å². The maximum Gasteiger partial charge on any atom is 0.187 e. The van der Waals surface area contributed by atoms with Crippen molar-refractivity contribution in [3.63, 3.8) is 0 Å². The third-order valence-corrected chi connectivity index (χ3v) is 0. The molecule has 0 spiro atoms. The minimum absolute atomic E-state index is 0. The molecule has 0 aliphatic heterocycles. The molecule has 0 fully saturated rings. The van der Waals surface area contributed by atoms with Crippen molar-refractivity contribution < 1.29 is 76.2 Å². The van der Waals surface area contributed by atoms with Crippen LogP contribution in [0.3, 0.4) is 0 Å². The Balaban J connectivity index is 0. The van der Waals surface area contributed by atoms with Gasteiger partial charge in [0.05, 0.1) is 0 Å². The SMILES string of the molecule is [AlH3].[Ce].[Cr].[Fe]. The molecule has 0 radical (unpaired) electrons. The van der Waals surface area contributed by atoms with Gasteiger partial charge in [-0.25, -0.2) is 0 Å². The summed E-state index contributed by atoms with van der Waals surface area (Å²) in [6, 6.07) is 0. The van der Waals surface area contributed by atoms with Crippen LogP contribution in [0.15, 0.2) is 0 Å². The first kappa shape index (κ1) is 28.2. The minimum Gasteiger partial charge on any atom is 0 e. The molecule has 4 heteroatoms. The fourth-order valence-electron chi connectivity index (χ4n) is 0. The summed E-state index contributed by atoms with van der Waals surface area (Å²) in [5.74, 6) is 0. The van der Waals surface area contributed by atoms with Crippen LogP contribution in [-0.2, 0) is 34.4 Å². The molecular weight excluding hydrogens is 275 g/mol. The van der Waals surface area contributed by atoms with Crippen molar-refractivity contribution in [2.45, 2.75) is 0 Å². The van der Waals surface area contributed by atoms with Gasteiger partial charge in [0.25, 0.3) is 0 Å². The van der Waals surface area contributed by atoms with Crippen LogP contribution in [0.4, 0.5) is 0 Å². The van der Waals surface area contributed by atoms with Crippen LogP contribution in [0.2, 0.25) is 0 Å². The smallest absolute Gasteiger partial charge is 0 e. The molecule has 0 saturated carbocycles. The largest absolute Gasteiger partial charge is 0.187 e. The predicted octanol–water partition coefficient (Wildman–Crippen LogP) is -1.19. The van der Waals surface area contributed by atoms with Crippen molar-refractivity contribution in [3.8, 4) is 0 Å². The van der Waals surface area contributed by atoms with Crippen molar-refractivity contribution in [2.75, 3.05) is 0 Å². The second-order valence-corrected chi connectivity index (χ2v) is 0. The summed E-state index contributed by atoms with van der Waals surface area (Å²) in [7, 11) is 0. The molecule has 0 unspecified atom stereocenters. The average Bonchev–Trinajstić information content (AvgIpc) is 0. The molecule has 0 aliphatic carbocycles. The summed E-state index contributed by atoms with van der Waals surface area (Å²) in [5, 5.41) is 0. The van der Waals surface area contributed by atoms with E-state index in [0.29, 0.717) is 0 Å². The fraction of sp³-hybridized carbons (Fsp3) is 0. The zero-order valence-electron chi connectivity index (χ0n) is 1.26. The van der Waals surface area contributed by atoms with E-state index >= 15 is 0 Å². The van der Waals surface area contributed by atoms with E-state index in [9.17, 15) is 0 Å². The summed E-state index contributed by atoms with van der Waals surface area (Å²) in [6.07, 6.45) is 0. The van der Waals surface area contributed by atoms with Crippen LogP contribution < -0.4 is 0 Å². The van der Waals surface area contributed by atoms with Crippen LogP contribution in [0.25, 0.3) is 0 Å². The molecule has 4 heavy (non-hydrogen) atoms. The molecule has 24 valence electrons. The number of hydrogen-bond donors (Lipinski definition) is 0. The van der Waals surface area contributed by atoms with Crippen molar-refractivity contribution in [2.24, 2.45) is 0 Å². The number of rotatable bonds is 0. The molecule has 0 amide bonds. The quantitative estimate of drug-likeness (QED) is 0.489. The van der Waals surface area contributed by atoms with Gasteiger partial charge in [0.15, 0.2) is 17.4 Å². The third kappa shape index (κ3) is 8.88. The van der Waals surface area contributed by atoms with Crippen molar-refractivity contribution in [1.82, 2.24) is 0 Å². The molecule has 0 rings (SSSR count). The maximum atomic E-state index is 0. The van der Waals surface area contributed by atoms with Gasteiger partial charge in [-0.2, -0.15) is 0 Å². The molecule has 0 heterocycles. The molecule has 0 saturated heterocycles. The third-order valence-electron chi connectivity index (χ3n) is 0. The predicted molar refractivity (Wildman–Crippen MR) is 9.94 cm³/mol. The van der Waals surface area contributed by atoms with Crippen molar-refractivity contribution in [1.29, 1.82) is 0 Å². The van der Waals surface area contributed by atoms with Gasteiger partial charge in [-0.05, 0) is 0 Å². The first-order valence-corrected chi connectivity index (χ1v) is 0. The summed E-state index contributed by atoms with van der Waals surface area (Å²) in [6.45, 7) is 0. The minimum atomic E-state index is 0. The fourth-order valence-corrected chi connectivity index (χ4v) is 0. The van der Waals surface area contributed by atoms with Crippen LogP contribution in [0.1, 0.15) is 0 Å². The van der Waals surface area contributed by atoms with E-state index in [1.165, 1.54) is 0 Å². The molecule has 0 nitrogen and oxygen atoms in total. The maximum absolute atomic E-state index is 0. The zero-order chi connectivity index (χ0) is 0. The first-order chi connectivity index (χ1) is 0. The summed E-state index contributed by atoms with van der Waals surface area (Å²) >= 11 is 0. The van der Waals surface area contributed by atoms with Crippen LogP contribution in [-0.4, -0.2) is 17.4 Å². The summed E-state index contributed by atoms with van der Waals surface area (Å²) in [4.78, 5) is 0. The molecule has 0 aromatic carbocycles. The van der Waals surface area contributed by atoms with Crippen molar-refractivity contribution in [3.05, 3.63) is 0 Å². The molecule has 0 atom stereocenters. The molecule has 0 aromatic rings. The molecule has 0 aliphatic rings. The second kappa shape index (κ2) is 16.7. The Morgan fingerprint density at radius 1 is 1.00 bits per heavy atom. The van der Waals surface area contributed by atoms with E-state index in [4.69, 9.17) is 0 Å². The van der Waals surface area contributed by atoms with Crippen molar-refractivity contribution >= 4 is 17.4 Å². The van der Waals surface area contributed by atoms with E-state index < -0.39 is 0 Å². The summed E-state index contributed by atoms with van der Waals surface area (Å²) < 4.78 is 0. The molecule has 0 N–H and O–H groups in total. The van der Waals surface area contributed by atoms with Gasteiger partial charge in [0.2, 0.25) is 0 Å². The average molecular weight is 278 g/mol.